The second-order valence-electron chi connectivity index (χ2n) is 4.51. The number of aromatic nitrogens is 3. The third-order valence-electron chi connectivity index (χ3n) is 3.17. The quantitative estimate of drug-likeness (QED) is 0.674. The molecule has 0 saturated carbocycles. The maximum atomic E-state index is 4.54. The Balaban J connectivity index is 1.96. The van der Waals surface area contributed by atoms with Gasteiger partial charge in [0.1, 0.15) is 5.52 Å². The Bertz CT molecular complexity index is 680. The van der Waals surface area contributed by atoms with Gasteiger partial charge in [-0.25, -0.2) is 9.50 Å². The molecular weight excluding hydrogens is 316 g/mol. The fourth-order valence-corrected chi connectivity index (χ4v) is 2.68. The Morgan fingerprint density at radius 3 is 2.75 bits per heavy atom. The SMILES string of the molecule is BrCCN(Cc1ccccc1)c1nccn2nccc12. The van der Waals surface area contributed by atoms with Crippen LogP contribution in [0, 0.1) is 0 Å². The van der Waals surface area contributed by atoms with Gasteiger partial charge in [0, 0.05) is 30.8 Å². The van der Waals surface area contributed by atoms with Crippen LogP contribution in [0.4, 0.5) is 5.82 Å². The Morgan fingerprint density at radius 1 is 1.10 bits per heavy atom. The van der Waals surface area contributed by atoms with Gasteiger partial charge in [0.25, 0.3) is 0 Å². The predicted molar refractivity (Wildman–Crippen MR) is 84.3 cm³/mol. The molecule has 0 N–H and O–H groups in total. The number of hydrogen-bond acceptors (Lipinski definition) is 3. The van der Waals surface area contributed by atoms with Crippen LogP contribution in [0.2, 0.25) is 0 Å². The maximum Gasteiger partial charge on any atom is 0.155 e. The number of rotatable bonds is 5. The van der Waals surface area contributed by atoms with Crippen molar-refractivity contribution in [2.24, 2.45) is 0 Å². The molecule has 0 aliphatic carbocycles. The van der Waals surface area contributed by atoms with E-state index in [0.717, 1.165) is 29.8 Å². The third-order valence-corrected chi connectivity index (χ3v) is 3.53. The Labute approximate surface area is 126 Å². The zero-order valence-electron chi connectivity index (χ0n) is 11.0. The van der Waals surface area contributed by atoms with Gasteiger partial charge < -0.3 is 4.90 Å². The average molecular weight is 331 g/mol. The summed E-state index contributed by atoms with van der Waals surface area (Å²) in [5.41, 5.74) is 2.31. The zero-order chi connectivity index (χ0) is 13.8. The van der Waals surface area contributed by atoms with Gasteiger partial charge in [-0.05, 0) is 11.6 Å². The van der Waals surface area contributed by atoms with Gasteiger partial charge in [-0.3, -0.25) is 0 Å². The highest BCUT2D eigenvalue weighted by molar-refractivity contribution is 9.09. The minimum Gasteiger partial charge on any atom is -0.350 e. The van der Waals surface area contributed by atoms with Crippen LogP contribution in [0.1, 0.15) is 5.56 Å². The Hall–Kier alpha value is -1.88. The van der Waals surface area contributed by atoms with E-state index in [0.29, 0.717) is 0 Å². The molecule has 0 radical (unpaired) electrons. The summed E-state index contributed by atoms with van der Waals surface area (Å²) in [6, 6.07) is 12.4. The highest BCUT2D eigenvalue weighted by Crippen LogP contribution is 2.20. The van der Waals surface area contributed by atoms with Crippen molar-refractivity contribution >= 4 is 27.3 Å². The number of halogens is 1. The van der Waals surface area contributed by atoms with Crippen molar-refractivity contribution in [2.75, 3.05) is 16.8 Å². The maximum absolute atomic E-state index is 4.54. The molecule has 0 bridgehead atoms. The summed E-state index contributed by atoms with van der Waals surface area (Å²) < 4.78 is 1.86. The zero-order valence-corrected chi connectivity index (χ0v) is 12.6. The molecule has 2 aromatic heterocycles. The van der Waals surface area contributed by atoms with E-state index in [1.165, 1.54) is 5.56 Å². The minimum absolute atomic E-state index is 0.838. The number of hydrogen-bond donors (Lipinski definition) is 0. The van der Waals surface area contributed by atoms with Crippen molar-refractivity contribution < 1.29 is 0 Å². The summed E-state index contributed by atoms with van der Waals surface area (Å²) in [6.45, 7) is 1.73. The van der Waals surface area contributed by atoms with E-state index in [4.69, 9.17) is 0 Å². The summed E-state index contributed by atoms with van der Waals surface area (Å²) in [5.74, 6) is 0.966. The molecule has 0 amide bonds. The van der Waals surface area contributed by atoms with Crippen molar-refractivity contribution in [2.45, 2.75) is 6.54 Å². The molecule has 1 aromatic carbocycles. The van der Waals surface area contributed by atoms with Gasteiger partial charge in [-0.15, -0.1) is 0 Å². The van der Waals surface area contributed by atoms with Crippen LogP contribution in [0.3, 0.4) is 0 Å². The lowest BCUT2D eigenvalue weighted by Gasteiger charge is -2.23. The minimum atomic E-state index is 0.838. The first-order valence-electron chi connectivity index (χ1n) is 6.51. The van der Waals surface area contributed by atoms with Crippen LogP contribution in [0.15, 0.2) is 55.0 Å². The molecule has 0 saturated heterocycles. The number of benzene rings is 1. The molecule has 5 heteroatoms. The second kappa shape index (κ2) is 6.05. The second-order valence-corrected chi connectivity index (χ2v) is 5.30. The van der Waals surface area contributed by atoms with Gasteiger partial charge in [0.05, 0.1) is 6.20 Å². The van der Waals surface area contributed by atoms with E-state index in [1.54, 1.807) is 12.4 Å². The van der Waals surface area contributed by atoms with E-state index in [1.807, 2.05) is 22.8 Å². The number of anilines is 1. The van der Waals surface area contributed by atoms with Gasteiger partial charge in [-0.2, -0.15) is 5.10 Å². The third kappa shape index (κ3) is 2.67. The lowest BCUT2D eigenvalue weighted by molar-refractivity contribution is 0.814. The van der Waals surface area contributed by atoms with Gasteiger partial charge in [0.2, 0.25) is 0 Å². The molecule has 3 aromatic rings. The fourth-order valence-electron chi connectivity index (χ4n) is 2.25. The molecule has 3 rings (SSSR count). The average Bonchev–Trinajstić information content (AvgIpc) is 2.96. The molecule has 0 spiro atoms. The first-order chi connectivity index (χ1) is 9.88. The largest absolute Gasteiger partial charge is 0.350 e. The lowest BCUT2D eigenvalue weighted by Crippen LogP contribution is -2.26. The molecule has 4 nitrogen and oxygen atoms in total. The number of nitrogens with zero attached hydrogens (tertiary/aromatic N) is 4. The van der Waals surface area contributed by atoms with Crippen LogP contribution in [0.5, 0.6) is 0 Å². The lowest BCUT2D eigenvalue weighted by atomic mass is 10.2. The highest BCUT2D eigenvalue weighted by Gasteiger charge is 2.12. The van der Waals surface area contributed by atoms with E-state index >= 15 is 0 Å². The molecule has 0 fully saturated rings. The monoisotopic (exact) mass is 330 g/mol. The Kier molecular flexibility index (Phi) is 3.97. The van der Waals surface area contributed by atoms with E-state index in [-0.39, 0.29) is 0 Å². The standard InChI is InChI=1S/C15H15BrN4/c16-7-10-19(12-13-4-2-1-3-5-13)15-14-6-8-18-20(14)11-9-17-15/h1-6,8-9,11H,7,10,12H2. The van der Waals surface area contributed by atoms with Gasteiger partial charge in [0.15, 0.2) is 5.82 Å². The van der Waals surface area contributed by atoms with Crippen LogP contribution < -0.4 is 4.90 Å². The first kappa shape index (κ1) is 13.1. The number of fused-ring (bicyclic) bond motifs is 1. The van der Waals surface area contributed by atoms with Gasteiger partial charge >= 0.3 is 0 Å². The van der Waals surface area contributed by atoms with Crippen LogP contribution >= 0.6 is 15.9 Å². The molecule has 20 heavy (non-hydrogen) atoms. The molecule has 0 aliphatic heterocycles. The summed E-state index contributed by atoms with van der Waals surface area (Å²) in [4.78, 5) is 6.80. The molecule has 0 aliphatic rings. The first-order valence-corrected chi connectivity index (χ1v) is 7.64. The van der Waals surface area contributed by atoms with Crippen LogP contribution in [-0.4, -0.2) is 26.5 Å². The summed E-state index contributed by atoms with van der Waals surface area (Å²) in [7, 11) is 0. The van der Waals surface area contributed by atoms with Crippen molar-refractivity contribution in [3.63, 3.8) is 0 Å². The number of alkyl halides is 1. The normalized spacial score (nSPS) is 10.8. The van der Waals surface area contributed by atoms with Crippen molar-refractivity contribution in [3.05, 3.63) is 60.6 Å². The van der Waals surface area contributed by atoms with Crippen LogP contribution in [-0.2, 0) is 6.54 Å². The molecule has 0 unspecified atom stereocenters. The predicted octanol–water partition coefficient (Wildman–Crippen LogP) is 3.13. The Morgan fingerprint density at radius 2 is 1.95 bits per heavy atom. The van der Waals surface area contributed by atoms with E-state index in [2.05, 4.69) is 55.2 Å². The summed E-state index contributed by atoms with van der Waals surface area (Å²) in [6.07, 6.45) is 5.46. The van der Waals surface area contributed by atoms with Gasteiger partial charge in [-0.1, -0.05) is 46.3 Å². The van der Waals surface area contributed by atoms with Crippen molar-refractivity contribution in [3.8, 4) is 0 Å². The summed E-state index contributed by atoms with van der Waals surface area (Å²) >= 11 is 3.52. The van der Waals surface area contributed by atoms with Crippen molar-refractivity contribution in [1.29, 1.82) is 0 Å². The van der Waals surface area contributed by atoms with Crippen LogP contribution in [0.25, 0.3) is 5.52 Å². The summed E-state index contributed by atoms with van der Waals surface area (Å²) in [5, 5.41) is 5.17. The molecule has 2 heterocycles. The fraction of sp³-hybridized carbons (Fsp3) is 0.200. The van der Waals surface area contributed by atoms with E-state index in [9.17, 15) is 0 Å². The smallest absolute Gasteiger partial charge is 0.155 e. The topological polar surface area (TPSA) is 33.4 Å². The molecular formula is C15H15BrN4. The van der Waals surface area contributed by atoms with E-state index < -0.39 is 0 Å². The highest BCUT2D eigenvalue weighted by atomic mass is 79.9. The molecule has 102 valence electrons. The molecule has 0 atom stereocenters. The van der Waals surface area contributed by atoms with Crippen molar-refractivity contribution in [1.82, 2.24) is 14.6 Å².